The van der Waals surface area contributed by atoms with Crippen molar-refractivity contribution in [3.63, 3.8) is 0 Å². The highest BCUT2D eigenvalue weighted by atomic mass is 32.1. The highest BCUT2D eigenvalue weighted by Crippen LogP contribution is 2.45. The molecule has 0 unspecified atom stereocenters. The van der Waals surface area contributed by atoms with Gasteiger partial charge in [-0.2, -0.15) is 0 Å². The smallest absolute Gasteiger partial charge is 0.143 e. The van der Waals surface area contributed by atoms with Crippen molar-refractivity contribution in [1.82, 2.24) is 0 Å². The highest BCUT2D eigenvalue weighted by Gasteiger charge is 2.19. The van der Waals surface area contributed by atoms with Gasteiger partial charge in [0.05, 0.1) is 5.69 Å². The fraction of sp³-hybridized carbons (Fsp3) is 0. The molecule has 10 rings (SSSR count). The van der Waals surface area contributed by atoms with E-state index < -0.39 is 0 Å². The zero-order valence-electron chi connectivity index (χ0n) is 27.7. The molecule has 0 saturated carbocycles. The van der Waals surface area contributed by atoms with E-state index in [1.807, 2.05) is 23.5 Å². The van der Waals surface area contributed by atoms with E-state index in [0.717, 1.165) is 50.1 Å². The number of rotatable bonds is 6. The second-order valence-electron chi connectivity index (χ2n) is 12.9. The molecule has 0 aliphatic carbocycles. The predicted octanol–water partition coefficient (Wildman–Crippen LogP) is 14.4. The fourth-order valence-corrected chi connectivity index (χ4v) is 8.57. The fourth-order valence-electron chi connectivity index (χ4n) is 7.45. The Hall–Kier alpha value is -6.42. The number of benzene rings is 8. The summed E-state index contributed by atoms with van der Waals surface area (Å²) in [7, 11) is 0. The summed E-state index contributed by atoms with van der Waals surface area (Å²) in [5.41, 5.74) is 12.2. The number of hydrogen-bond donors (Lipinski definition) is 0. The van der Waals surface area contributed by atoms with E-state index in [1.54, 1.807) is 0 Å². The maximum Gasteiger partial charge on any atom is 0.143 e. The molecule has 0 aliphatic rings. The summed E-state index contributed by atoms with van der Waals surface area (Å²) >= 11 is 1.85. The second kappa shape index (κ2) is 12.2. The lowest BCUT2D eigenvalue weighted by Gasteiger charge is -2.27. The Morgan fingerprint density at radius 1 is 0.392 bits per heavy atom. The molecule has 0 aliphatic heterocycles. The zero-order valence-corrected chi connectivity index (χ0v) is 28.5. The summed E-state index contributed by atoms with van der Waals surface area (Å²) in [4.78, 5) is 2.40. The van der Waals surface area contributed by atoms with Crippen LogP contribution in [0.25, 0.3) is 75.5 Å². The average molecular weight is 670 g/mol. The lowest BCUT2D eigenvalue weighted by atomic mass is 9.98. The standard InChI is InChI=1S/C48H31NOS/c1-2-11-32(12-3-1)35-13-8-14-36(31-35)33-23-27-37(28-24-33)49(43-19-10-22-46-47(43)42-16-5-7-21-45(42)51-46)38-29-25-34(26-30-38)39-17-9-18-41-40-15-4-6-20-44(40)50-48(39)41/h1-31H. The van der Waals surface area contributed by atoms with Gasteiger partial charge in [-0.1, -0.05) is 133 Å². The van der Waals surface area contributed by atoms with Crippen LogP contribution in [0.15, 0.2) is 192 Å². The van der Waals surface area contributed by atoms with Crippen LogP contribution in [0.4, 0.5) is 17.1 Å². The number of furan rings is 1. The topological polar surface area (TPSA) is 16.4 Å². The van der Waals surface area contributed by atoms with Crippen LogP contribution in [0.3, 0.4) is 0 Å². The summed E-state index contributed by atoms with van der Waals surface area (Å²) in [6.45, 7) is 0. The van der Waals surface area contributed by atoms with E-state index in [0.29, 0.717) is 0 Å². The molecule has 51 heavy (non-hydrogen) atoms. The molecule has 0 bridgehead atoms. The number of para-hydroxylation sites is 2. The number of thiophene rings is 1. The van der Waals surface area contributed by atoms with Crippen LogP contribution in [-0.2, 0) is 0 Å². The molecule has 3 heteroatoms. The summed E-state index contributed by atoms with van der Waals surface area (Å²) in [5, 5.41) is 4.83. The third-order valence-electron chi connectivity index (χ3n) is 9.89. The molecule has 10 aromatic rings. The average Bonchev–Trinajstić information content (AvgIpc) is 3.78. The second-order valence-corrected chi connectivity index (χ2v) is 14.0. The van der Waals surface area contributed by atoms with Crippen LogP contribution in [0.5, 0.6) is 0 Å². The highest BCUT2D eigenvalue weighted by molar-refractivity contribution is 7.26. The van der Waals surface area contributed by atoms with Crippen molar-refractivity contribution in [3.05, 3.63) is 188 Å². The van der Waals surface area contributed by atoms with Gasteiger partial charge >= 0.3 is 0 Å². The molecule has 0 spiro atoms. The molecule has 2 nitrogen and oxygen atoms in total. The predicted molar refractivity (Wildman–Crippen MR) is 218 cm³/mol. The lowest BCUT2D eigenvalue weighted by Crippen LogP contribution is -2.10. The van der Waals surface area contributed by atoms with Crippen molar-refractivity contribution < 1.29 is 4.42 Å². The van der Waals surface area contributed by atoms with Gasteiger partial charge in [0, 0.05) is 47.9 Å². The van der Waals surface area contributed by atoms with E-state index in [2.05, 4.69) is 181 Å². The van der Waals surface area contributed by atoms with E-state index in [9.17, 15) is 0 Å². The Kier molecular flexibility index (Phi) is 7.04. The van der Waals surface area contributed by atoms with E-state index in [-0.39, 0.29) is 0 Å². The lowest BCUT2D eigenvalue weighted by molar-refractivity contribution is 0.670. The van der Waals surface area contributed by atoms with E-state index in [1.165, 1.54) is 42.4 Å². The van der Waals surface area contributed by atoms with Crippen LogP contribution in [0, 0.1) is 0 Å². The van der Waals surface area contributed by atoms with Crippen molar-refractivity contribution in [2.24, 2.45) is 0 Å². The van der Waals surface area contributed by atoms with Gasteiger partial charge in [-0.15, -0.1) is 11.3 Å². The molecule has 0 radical (unpaired) electrons. The first-order valence-corrected chi connectivity index (χ1v) is 18.1. The van der Waals surface area contributed by atoms with Crippen LogP contribution in [-0.4, -0.2) is 0 Å². The zero-order chi connectivity index (χ0) is 33.7. The molecular weight excluding hydrogens is 639 g/mol. The number of hydrogen-bond acceptors (Lipinski definition) is 3. The van der Waals surface area contributed by atoms with Crippen molar-refractivity contribution >= 4 is 70.5 Å². The third-order valence-corrected chi connectivity index (χ3v) is 11.0. The molecule has 0 atom stereocenters. The first-order valence-electron chi connectivity index (χ1n) is 17.3. The molecule has 2 heterocycles. The van der Waals surface area contributed by atoms with Gasteiger partial charge in [0.1, 0.15) is 11.2 Å². The number of anilines is 3. The summed E-state index contributed by atoms with van der Waals surface area (Å²) in [5.74, 6) is 0. The summed E-state index contributed by atoms with van der Waals surface area (Å²) in [6, 6.07) is 67.4. The van der Waals surface area contributed by atoms with E-state index >= 15 is 0 Å². The quantitative estimate of drug-likeness (QED) is 0.175. The first-order chi connectivity index (χ1) is 25.3. The van der Waals surface area contributed by atoms with Crippen molar-refractivity contribution in [3.8, 4) is 33.4 Å². The third kappa shape index (κ3) is 5.10. The van der Waals surface area contributed by atoms with Crippen LogP contribution < -0.4 is 4.90 Å². The molecule has 0 N–H and O–H groups in total. The molecule has 0 saturated heterocycles. The van der Waals surface area contributed by atoms with Crippen molar-refractivity contribution in [2.45, 2.75) is 0 Å². The SMILES string of the molecule is c1ccc(-c2cccc(-c3ccc(N(c4ccc(-c5cccc6c5oc5ccccc56)cc4)c4cccc5sc6ccccc6c45)cc3)c2)cc1. The Morgan fingerprint density at radius 2 is 0.961 bits per heavy atom. The number of nitrogens with zero attached hydrogens (tertiary/aromatic N) is 1. The Balaban J connectivity index is 1.10. The van der Waals surface area contributed by atoms with Gasteiger partial charge < -0.3 is 9.32 Å². The number of fused-ring (bicyclic) bond motifs is 6. The van der Waals surface area contributed by atoms with Gasteiger partial charge in [0.25, 0.3) is 0 Å². The van der Waals surface area contributed by atoms with Crippen molar-refractivity contribution in [1.29, 1.82) is 0 Å². The van der Waals surface area contributed by atoms with Crippen molar-refractivity contribution in [2.75, 3.05) is 4.90 Å². The molecule has 8 aromatic carbocycles. The van der Waals surface area contributed by atoms with Crippen LogP contribution in [0.1, 0.15) is 0 Å². The molecule has 240 valence electrons. The Labute approximate surface area is 300 Å². The Bertz CT molecular complexity index is 2850. The maximum absolute atomic E-state index is 6.41. The van der Waals surface area contributed by atoms with Gasteiger partial charge in [0.2, 0.25) is 0 Å². The summed E-state index contributed by atoms with van der Waals surface area (Å²) in [6.07, 6.45) is 0. The summed E-state index contributed by atoms with van der Waals surface area (Å²) < 4.78 is 8.98. The molecule has 0 amide bonds. The Morgan fingerprint density at radius 3 is 1.75 bits per heavy atom. The minimum absolute atomic E-state index is 0.911. The minimum Gasteiger partial charge on any atom is -0.455 e. The van der Waals surface area contributed by atoms with Gasteiger partial charge in [-0.05, 0) is 82.4 Å². The van der Waals surface area contributed by atoms with Gasteiger partial charge in [-0.25, -0.2) is 0 Å². The maximum atomic E-state index is 6.41. The van der Waals surface area contributed by atoms with Crippen LogP contribution in [0.2, 0.25) is 0 Å². The largest absolute Gasteiger partial charge is 0.455 e. The normalized spacial score (nSPS) is 11.5. The first kappa shape index (κ1) is 29.5. The van der Waals surface area contributed by atoms with E-state index in [4.69, 9.17) is 4.42 Å². The van der Waals surface area contributed by atoms with Gasteiger partial charge in [0.15, 0.2) is 0 Å². The molecular formula is C48H31NOS. The monoisotopic (exact) mass is 669 g/mol. The molecule has 0 fully saturated rings. The molecule has 2 aromatic heterocycles. The van der Waals surface area contributed by atoms with Gasteiger partial charge in [-0.3, -0.25) is 0 Å². The minimum atomic E-state index is 0.911. The van der Waals surface area contributed by atoms with Crippen LogP contribution >= 0.6 is 11.3 Å².